The third-order valence-electron chi connectivity index (χ3n) is 2.58. The highest BCUT2D eigenvalue weighted by atomic mass is 35.5. The minimum atomic E-state index is -0.484. The summed E-state index contributed by atoms with van der Waals surface area (Å²) in [5.41, 5.74) is 0. The molecule has 1 unspecified atom stereocenters. The zero-order valence-electron chi connectivity index (χ0n) is 12.2. The second-order valence-electron chi connectivity index (χ2n) is 4.77. The van der Waals surface area contributed by atoms with Crippen molar-refractivity contribution in [2.45, 2.75) is 33.2 Å². The number of carbonyl (C=O) groups excluding carboxylic acids is 1. The second kappa shape index (κ2) is 7.89. The van der Waals surface area contributed by atoms with Gasteiger partial charge >= 0.3 is 5.97 Å². The molecule has 0 saturated carbocycles. The number of hydrogen-bond donors (Lipinski definition) is 2. The Hall–Kier alpha value is -1.56. The average Bonchev–Trinajstić information content (AvgIpc) is 2.40. The number of halogens is 1. The van der Waals surface area contributed by atoms with Crippen LogP contribution in [0.15, 0.2) is 6.20 Å². The van der Waals surface area contributed by atoms with E-state index in [1.54, 1.807) is 0 Å². The molecular formula is C13H21ClN4O2. The van der Waals surface area contributed by atoms with Crippen LogP contribution in [0.3, 0.4) is 0 Å². The first-order valence-electron chi connectivity index (χ1n) is 6.58. The maximum Gasteiger partial charge on any atom is 0.328 e. The molecular weight excluding hydrogens is 280 g/mol. The Balaban J connectivity index is 2.91. The van der Waals surface area contributed by atoms with Crippen molar-refractivity contribution in [2.24, 2.45) is 5.92 Å². The maximum atomic E-state index is 11.8. The van der Waals surface area contributed by atoms with Crippen molar-refractivity contribution in [1.29, 1.82) is 0 Å². The summed E-state index contributed by atoms with van der Waals surface area (Å²) in [6.07, 6.45) is 2.13. The van der Waals surface area contributed by atoms with E-state index in [9.17, 15) is 4.79 Å². The first-order valence-corrected chi connectivity index (χ1v) is 6.96. The molecule has 6 nitrogen and oxygen atoms in total. The molecule has 1 atom stereocenters. The van der Waals surface area contributed by atoms with Crippen molar-refractivity contribution in [3.05, 3.63) is 11.2 Å². The van der Waals surface area contributed by atoms with Crippen LogP contribution in [0.2, 0.25) is 5.02 Å². The predicted octanol–water partition coefficient (Wildman–Crippen LogP) is 2.56. The molecule has 0 amide bonds. The fourth-order valence-electron chi connectivity index (χ4n) is 1.70. The SMILES string of the molecule is CCNc1ncc(Cl)c(NC(CC(C)C)C(=O)OC)n1. The van der Waals surface area contributed by atoms with Crippen LogP contribution in [-0.2, 0) is 9.53 Å². The first-order chi connectivity index (χ1) is 9.47. The summed E-state index contributed by atoms with van der Waals surface area (Å²) in [4.78, 5) is 20.1. The standard InChI is InChI=1S/C13H21ClN4O2/c1-5-15-13-16-7-9(14)11(18-13)17-10(6-8(2)3)12(19)20-4/h7-8,10H,5-6H2,1-4H3,(H2,15,16,17,18). The van der Waals surface area contributed by atoms with E-state index in [0.717, 1.165) is 0 Å². The van der Waals surface area contributed by atoms with Gasteiger partial charge in [0.15, 0.2) is 5.82 Å². The molecule has 0 fully saturated rings. The smallest absolute Gasteiger partial charge is 0.328 e. The number of esters is 1. The van der Waals surface area contributed by atoms with Crippen LogP contribution >= 0.6 is 11.6 Å². The van der Waals surface area contributed by atoms with Gasteiger partial charge in [-0.1, -0.05) is 25.4 Å². The summed E-state index contributed by atoms with van der Waals surface area (Å²) >= 11 is 6.06. The topological polar surface area (TPSA) is 76.1 Å². The third kappa shape index (κ3) is 4.85. The Morgan fingerprint density at radius 3 is 2.75 bits per heavy atom. The minimum Gasteiger partial charge on any atom is -0.467 e. The van der Waals surface area contributed by atoms with E-state index in [4.69, 9.17) is 16.3 Å². The van der Waals surface area contributed by atoms with Gasteiger partial charge in [0.1, 0.15) is 11.1 Å². The van der Waals surface area contributed by atoms with Crippen molar-refractivity contribution < 1.29 is 9.53 Å². The molecule has 1 aromatic heterocycles. The van der Waals surface area contributed by atoms with E-state index in [1.165, 1.54) is 13.3 Å². The maximum absolute atomic E-state index is 11.8. The predicted molar refractivity (Wildman–Crippen MR) is 80.1 cm³/mol. The molecule has 0 bridgehead atoms. The lowest BCUT2D eigenvalue weighted by molar-refractivity contribution is -0.141. The molecule has 0 radical (unpaired) electrons. The number of nitrogens with one attached hydrogen (secondary N) is 2. The molecule has 1 heterocycles. The zero-order chi connectivity index (χ0) is 15.1. The number of carbonyl (C=O) groups is 1. The Bertz CT molecular complexity index is 454. The van der Waals surface area contributed by atoms with E-state index in [-0.39, 0.29) is 5.97 Å². The molecule has 0 saturated heterocycles. The fourth-order valence-corrected chi connectivity index (χ4v) is 1.85. The van der Waals surface area contributed by atoms with Crippen LogP contribution in [-0.4, -0.2) is 35.6 Å². The molecule has 112 valence electrons. The second-order valence-corrected chi connectivity index (χ2v) is 5.18. The quantitative estimate of drug-likeness (QED) is 0.754. The first kappa shape index (κ1) is 16.5. The fraction of sp³-hybridized carbons (Fsp3) is 0.615. The van der Waals surface area contributed by atoms with Crippen molar-refractivity contribution in [1.82, 2.24) is 9.97 Å². The minimum absolute atomic E-state index is 0.334. The molecule has 0 aromatic carbocycles. The number of methoxy groups -OCH3 is 1. The van der Waals surface area contributed by atoms with E-state index in [0.29, 0.717) is 35.7 Å². The summed E-state index contributed by atoms with van der Waals surface area (Å²) in [5, 5.41) is 6.39. The molecule has 20 heavy (non-hydrogen) atoms. The summed E-state index contributed by atoms with van der Waals surface area (Å²) in [5.74, 6) is 0.889. The lowest BCUT2D eigenvalue weighted by atomic mass is 10.0. The Morgan fingerprint density at radius 1 is 1.50 bits per heavy atom. The van der Waals surface area contributed by atoms with Gasteiger partial charge in [-0.2, -0.15) is 4.98 Å². The molecule has 0 aliphatic carbocycles. The lowest BCUT2D eigenvalue weighted by Crippen LogP contribution is -2.32. The number of ether oxygens (including phenoxy) is 1. The third-order valence-corrected chi connectivity index (χ3v) is 2.86. The van der Waals surface area contributed by atoms with Crippen molar-refractivity contribution >= 4 is 29.3 Å². The zero-order valence-corrected chi connectivity index (χ0v) is 13.0. The van der Waals surface area contributed by atoms with Gasteiger partial charge in [-0.05, 0) is 19.3 Å². The molecule has 0 aliphatic heterocycles. The van der Waals surface area contributed by atoms with Crippen molar-refractivity contribution in [3.63, 3.8) is 0 Å². The molecule has 1 aromatic rings. The van der Waals surface area contributed by atoms with Gasteiger partial charge < -0.3 is 15.4 Å². The molecule has 1 rings (SSSR count). The van der Waals surface area contributed by atoms with Gasteiger partial charge in [0.25, 0.3) is 0 Å². The molecule has 7 heteroatoms. The van der Waals surface area contributed by atoms with Crippen LogP contribution in [0.25, 0.3) is 0 Å². The summed E-state index contributed by atoms with van der Waals surface area (Å²) < 4.78 is 4.80. The largest absolute Gasteiger partial charge is 0.467 e. The van der Waals surface area contributed by atoms with Gasteiger partial charge in [0, 0.05) is 6.54 Å². The highest BCUT2D eigenvalue weighted by molar-refractivity contribution is 6.32. The van der Waals surface area contributed by atoms with Crippen molar-refractivity contribution in [3.8, 4) is 0 Å². The van der Waals surface area contributed by atoms with Crippen molar-refractivity contribution in [2.75, 3.05) is 24.3 Å². The van der Waals surface area contributed by atoms with Gasteiger partial charge in [0.2, 0.25) is 5.95 Å². The van der Waals surface area contributed by atoms with E-state index >= 15 is 0 Å². The Labute approximate surface area is 124 Å². The van der Waals surface area contributed by atoms with Crippen LogP contribution < -0.4 is 10.6 Å². The summed E-state index contributed by atoms with van der Waals surface area (Å²) in [7, 11) is 1.36. The number of hydrogen-bond acceptors (Lipinski definition) is 6. The lowest BCUT2D eigenvalue weighted by Gasteiger charge is -2.19. The Morgan fingerprint density at radius 2 is 2.20 bits per heavy atom. The number of anilines is 2. The van der Waals surface area contributed by atoms with E-state index < -0.39 is 6.04 Å². The van der Waals surface area contributed by atoms with Crippen LogP contribution in [0, 0.1) is 5.92 Å². The van der Waals surface area contributed by atoms with E-state index in [2.05, 4.69) is 20.6 Å². The number of aromatic nitrogens is 2. The van der Waals surface area contributed by atoms with Crippen LogP contribution in [0.1, 0.15) is 27.2 Å². The van der Waals surface area contributed by atoms with E-state index in [1.807, 2.05) is 20.8 Å². The highest BCUT2D eigenvalue weighted by Gasteiger charge is 2.22. The van der Waals surface area contributed by atoms with Gasteiger partial charge in [-0.3, -0.25) is 0 Å². The normalized spacial score (nSPS) is 12.1. The van der Waals surface area contributed by atoms with Crippen LogP contribution in [0.4, 0.5) is 11.8 Å². The van der Waals surface area contributed by atoms with Gasteiger partial charge in [-0.25, -0.2) is 9.78 Å². The average molecular weight is 301 g/mol. The Kier molecular flexibility index (Phi) is 6.51. The monoisotopic (exact) mass is 300 g/mol. The molecule has 0 aliphatic rings. The van der Waals surface area contributed by atoms with Crippen LogP contribution in [0.5, 0.6) is 0 Å². The summed E-state index contributed by atoms with van der Waals surface area (Å²) in [6, 6.07) is -0.484. The molecule has 0 spiro atoms. The van der Waals surface area contributed by atoms with Gasteiger partial charge in [-0.15, -0.1) is 0 Å². The molecule has 2 N–H and O–H groups in total. The highest BCUT2D eigenvalue weighted by Crippen LogP contribution is 2.22. The number of rotatable bonds is 7. The number of nitrogens with zero attached hydrogens (tertiary/aromatic N) is 2. The summed E-state index contributed by atoms with van der Waals surface area (Å²) in [6.45, 7) is 6.71. The van der Waals surface area contributed by atoms with Gasteiger partial charge in [0.05, 0.1) is 13.3 Å².